The van der Waals surface area contributed by atoms with Crippen molar-refractivity contribution in [3.63, 3.8) is 0 Å². The van der Waals surface area contributed by atoms with Crippen LogP contribution in [0.3, 0.4) is 0 Å². The average Bonchev–Trinajstić information content (AvgIpc) is 2.37. The highest BCUT2D eigenvalue weighted by Crippen LogP contribution is 2.31. The summed E-state index contributed by atoms with van der Waals surface area (Å²) in [5, 5.41) is 0.822. The van der Waals surface area contributed by atoms with Gasteiger partial charge in [0, 0.05) is 16.4 Å². The van der Waals surface area contributed by atoms with E-state index in [9.17, 15) is 4.39 Å². The molecule has 0 unspecified atom stereocenters. The molecule has 2 aromatic rings. The highest BCUT2D eigenvalue weighted by atomic mass is 32.2. The van der Waals surface area contributed by atoms with E-state index < -0.39 is 0 Å². The maximum Gasteiger partial charge on any atom is 0.134 e. The normalized spacial score (nSPS) is 11.0. The Labute approximate surface area is 116 Å². The van der Waals surface area contributed by atoms with Crippen molar-refractivity contribution in [2.45, 2.75) is 36.6 Å². The summed E-state index contributed by atoms with van der Waals surface area (Å²) in [7, 11) is 0. The van der Waals surface area contributed by atoms with Crippen molar-refractivity contribution in [1.82, 2.24) is 9.97 Å². The molecule has 2 rings (SSSR count). The van der Waals surface area contributed by atoms with E-state index in [1.165, 1.54) is 23.9 Å². The van der Waals surface area contributed by atoms with Crippen LogP contribution in [0.25, 0.3) is 0 Å². The lowest BCUT2D eigenvalue weighted by atomic mass is 10.2. The highest BCUT2D eigenvalue weighted by molar-refractivity contribution is 7.99. The Kier molecular flexibility index (Phi) is 4.04. The van der Waals surface area contributed by atoms with Crippen LogP contribution in [0.4, 0.5) is 10.2 Å². The summed E-state index contributed by atoms with van der Waals surface area (Å²) in [5.41, 5.74) is 6.77. The number of anilines is 1. The van der Waals surface area contributed by atoms with E-state index in [4.69, 9.17) is 5.73 Å². The van der Waals surface area contributed by atoms with Crippen LogP contribution < -0.4 is 5.73 Å². The maximum absolute atomic E-state index is 12.9. The summed E-state index contributed by atoms with van der Waals surface area (Å²) in [5.74, 6) is 1.21. The first-order valence-corrected chi connectivity index (χ1v) is 6.86. The van der Waals surface area contributed by atoms with Crippen LogP contribution in [0.1, 0.15) is 31.2 Å². The molecule has 2 N–H and O–H groups in total. The van der Waals surface area contributed by atoms with Crippen molar-refractivity contribution >= 4 is 17.6 Å². The Bertz CT molecular complexity index is 582. The van der Waals surface area contributed by atoms with Crippen LogP contribution in [0.15, 0.2) is 34.2 Å². The standard InChI is InChI=1S/C14H16FN3S/c1-8(2)13-17-12(16)9(3)14(18-13)19-11-6-4-10(15)5-7-11/h4-8H,1-3H3,(H2,16,17,18). The van der Waals surface area contributed by atoms with Crippen LogP contribution in [0.2, 0.25) is 0 Å². The van der Waals surface area contributed by atoms with Gasteiger partial charge in [0.1, 0.15) is 22.5 Å². The van der Waals surface area contributed by atoms with Crippen molar-refractivity contribution in [2.24, 2.45) is 0 Å². The maximum atomic E-state index is 12.9. The summed E-state index contributed by atoms with van der Waals surface area (Å²) >= 11 is 1.47. The number of halogens is 1. The van der Waals surface area contributed by atoms with E-state index in [0.29, 0.717) is 5.82 Å². The predicted octanol–water partition coefficient (Wildman–Crippen LogP) is 3.78. The second-order valence-electron chi connectivity index (χ2n) is 4.61. The number of hydrogen-bond donors (Lipinski definition) is 1. The lowest BCUT2D eigenvalue weighted by molar-refractivity contribution is 0.626. The monoisotopic (exact) mass is 277 g/mol. The molecule has 0 saturated carbocycles. The Morgan fingerprint density at radius 1 is 1.16 bits per heavy atom. The van der Waals surface area contributed by atoms with Crippen molar-refractivity contribution < 1.29 is 4.39 Å². The molecule has 0 spiro atoms. The Morgan fingerprint density at radius 3 is 2.37 bits per heavy atom. The van der Waals surface area contributed by atoms with Gasteiger partial charge in [-0.15, -0.1) is 0 Å². The van der Waals surface area contributed by atoms with Gasteiger partial charge >= 0.3 is 0 Å². The zero-order chi connectivity index (χ0) is 14.0. The van der Waals surface area contributed by atoms with Crippen LogP contribution >= 0.6 is 11.8 Å². The third kappa shape index (κ3) is 3.23. The minimum Gasteiger partial charge on any atom is -0.383 e. The summed E-state index contributed by atoms with van der Waals surface area (Å²) in [6, 6.07) is 6.33. The quantitative estimate of drug-likeness (QED) is 0.867. The van der Waals surface area contributed by atoms with Gasteiger partial charge in [-0.05, 0) is 31.2 Å². The van der Waals surface area contributed by atoms with Gasteiger partial charge < -0.3 is 5.73 Å². The number of benzene rings is 1. The number of nitrogen functional groups attached to an aromatic ring is 1. The van der Waals surface area contributed by atoms with Gasteiger partial charge in [-0.25, -0.2) is 14.4 Å². The lowest BCUT2D eigenvalue weighted by Crippen LogP contribution is -2.05. The molecule has 0 aliphatic heterocycles. The van der Waals surface area contributed by atoms with Gasteiger partial charge in [-0.1, -0.05) is 25.6 Å². The van der Waals surface area contributed by atoms with E-state index in [-0.39, 0.29) is 11.7 Å². The second kappa shape index (κ2) is 5.57. The number of hydrogen-bond acceptors (Lipinski definition) is 4. The first kappa shape index (κ1) is 13.8. The van der Waals surface area contributed by atoms with Gasteiger partial charge in [0.15, 0.2) is 0 Å². The van der Waals surface area contributed by atoms with Crippen molar-refractivity contribution in [2.75, 3.05) is 5.73 Å². The molecule has 0 fully saturated rings. The van der Waals surface area contributed by atoms with E-state index in [1.54, 1.807) is 12.1 Å². The van der Waals surface area contributed by atoms with E-state index in [0.717, 1.165) is 21.3 Å². The number of nitrogens with two attached hydrogens (primary N) is 1. The molecule has 0 bridgehead atoms. The third-order valence-corrected chi connectivity index (χ3v) is 3.80. The van der Waals surface area contributed by atoms with E-state index in [1.807, 2.05) is 20.8 Å². The van der Waals surface area contributed by atoms with Crippen molar-refractivity contribution in [3.05, 3.63) is 41.5 Å². The minimum atomic E-state index is -0.244. The summed E-state index contributed by atoms with van der Waals surface area (Å²) < 4.78 is 12.9. The third-order valence-electron chi connectivity index (χ3n) is 2.70. The predicted molar refractivity (Wildman–Crippen MR) is 75.8 cm³/mol. The smallest absolute Gasteiger partial charge is 0.134 e. The number of rotatable bonds is 3. The van der Waals surface area contributed by atoms with Crippen LogP contribution in [-0.4, -0.2) is 9.97 Å². The average molecular weight is 277 g/mol. The Balaban J connectivity index is 2.36. The fourth-order valence-electron chi connectivity index (χ4n) is 1.50. The van der Waals surface area contributed by atoms with Gasteiger partial charge in [0.25, 0.3) is 0 Å². The zero-order valence-corrected chi connectivity index (χ0v) is 12.0. The molecule has 0 radical (unpaired) electrons. The van der Waals surface area contributed by atoms with Gasteiger partial charge in [-0.2, -0.15) is 0 Å². The van der Waals surface area contributed by atoms with Gasteiger partial charge in [0.2, 0.25) is 0 Å². The molecule has 0 aliphatic rings. The van der Waals surface area contributed by atoms with Crippen LogP contribution in [0, 0.1) is 12.7 Å². The van der Waals surface area contributed by atoms with Gasteiger partial charge in [-0.3, -0.25) is 0 Å². The fourth-order valence-corrected chi connectivity index (χ4v) is 2.39. The Morgan fingerprint density at radius 2 is 1.79 bits per heavy atom. The molecule has 1 heterocycles. The second-order valence-corrected chi connectivity index (χ2v) is 5.67. The SMILES string of the molecule is Cc1c(N)nc(C(C)C)nc1Sc1ccc(F)cc1. The molecule has 0 amide bonds. The van der Waals surface area contributed by atoms with Crippen molar-refractivity contribution in [1.29, 1.82) is 0 Å². The fraction of sp³-hybridized carbons (Fsp3) is 0.286. The number of aromatic nitrogens is 2. The number of nitrogens with zero attached hydrogens (tertiary/aromatic N) is 2. The summed E-state index contributed by atoms with van der Waals surface area (Å²) in [6.45, 7) is 5.94. The first-order chi connectivity index (χ1) is 8.97. The molecular weight excluding hydrogens is 261 g/mol. The largest absolute Gasteiger partial charge is 0.383 e. The topological polar surface area (TPSA) is 51.8 Å². The molecule has 19 heavy (non-hydrogen) atoms. The van der Waals surface area contributed by atoms with Gasteiger partial charge in [0.05, 0.1) is 0 Å². The van der Waals surface area contributed by atoms with E-state index >= 15 is 0 Å². The molecule has 0 aliphatic carbocycles. The molecule has 1 aromatic carbocycles. The zero-order valence-electron chi connectivity index (χ0n) is 11.1. The Hall–Kier alpha value is -1.62. The van der Waals surface area contributed by atoms with Crippen LogP contribution in [-0.2, 0) is 0 Å². The molecule has 5 heteroatoms. The van der Waals surface area contributed by atoms with Crippen LogP contribution in [0.5, 0.6) is 0 Å². The molecule has 0 saturated heterocycles. The molecular formula is C14H16FN3S. The van der Waals surface area contributed by atoms with E-state index in [2.05, 4.69) is 9.97 Å². The highest BCUT2D eigenvalue weighted by Gasteiger charge is 2.12. The lowest BCUT2D eigenvalue weighted by Gasteiger charge is -2.11. The molecule has 100 valence electrons. The van der Waals surface area contributed by atoms with Crippen molar-refractivity contribution in [3.8, 4) is 0 Å². The molecule has 0 atom stereocenters. The summed E-state index contributed by atoms with van der Waals surface area (Å²) in [4.78, 5) is 9.74. The summed E-state index contributed by atoms with van der Waals surface area (Å²) in [6.07, 6.45) is 0. The first-order valence-electron chi connectivity index (χ1n) is 6.05. The minimum absolute atomic E-state index is 0.218. The molecule has 1 aromatic heterocycles. The molecule has 3 nitrogen and oxygen atoms in total.